The number of carbonyl (C=O) groups excluding carboxylic acids is 1. The molecule has 2 heterocycles. The summed E-state index contributed by atoms with van der Waals surface area (Å²) in [5, 5.41) is 4.20. The van der Waals surface area contributed by atoms with E-state index in [1.54, 1.807) is 4.90 Å². The molecule has 1 aliphatic rings. The third-order valence-corrected chi connectivity index (χ3v) is 6.17. The second-order valence-electron chi connectivity index (χ2n) is 6.28. The fourth-order valence-corrected chi connectivity index (χ4v) is 4.55. The molecule has 1 unspecified atom stereocenters. The molecule has 6 heteroatoms. The molecule has 4 aromatic rings. The quantitative estimate of drug-likeness (QED) is 0.430. The maximum Gasteiger partial charge on any atom is 0.264 e. The van der Waals surface area contributed by atoms with Crippen LogP contribution in [0.15, 0.2) is 77.3 Å². The number of hydrogen-bond acceptors (Lipinski definition) is 4. The van der Waals surface area contributed by atoms with Gasteiger partial charge in [-0.3, -0.25) is 9.69 Å². The number of benzene rings is 3. The Balaban J connectivity index is 1.68. The number of nitrogens with zero attached hydrogens (tertiary/aromatic N) is 2. The van der Waals surface area contributed by atoms with Gasteiger partial charge in [-0.05, 0) is 42.0 Å². The van der Waals surface area contributed by atoms with Crippen molar-refractivity contribution in [3.63, 3.8) is 0 Å². The number of thiazole rings is 1. The molecule has 1 aliphatic heterocycles. The summed E-state index contributed by atoms with van der Waals surface area (Å²) in [6.45, 7) is 0. The lowest BCUT2D eigenvalue weighted by molar-refractivity contribution is 0.0975. The van der Waals surface area contributed by atoms with Gasteiger partial charge in [-0.2, -0.15) is 0 Å². The summed E-state index contributed by atoms with van der Waals surface area (Å²) in [5.74, 6) is -0.0451. The van der Waals surface area contributed by atoms with Crippen LogP contribution in [0.1, 0.15) is 22.1 Å². The lowest BCUT2D eigenvalue weighted by Crippen LogP contribution is -2.43. The number of rotatable bonds is 2. The van der Waals surface area contributed by atoms with E-state index >= 15 is 0 Å². The summed E-state index contributed by atoms with van der Waals surface area (Å²) in [7, 11) is 0. The van der Waals surface area contributed by atoms with Crippen LogP contribution >= 0.6 is 27.3 Å². The second kappa shape index (κ2) is 6.48. The Morgan fingerprint density at radius 2 is 1.70 bits per heavy atom. The molecule has 0 bridgehead atoms. The van der Waals surface area contributed by atoms with Gasteiger partial charge in [-0.15, -0.1) is 0 Å². The van der Waals surface area contributed by atoms with Gasteiger partial charge >= 0.3 is 0 Å². The van der Waals surface area contributed by atoms with Crippen LogP contribution in [0.5, 0.6) is 0 Å². The predicted octanol–water partition coefficient (Wildman–Crippen LogP) is 5.83. The van der Waals surface area contributed by atoms with Crippen molar-refractivity contribution in [3.8, 4) is 0 Å². The van der Waals surface area contributed by atoms with E-state index < -0.39 is 0 Å². The van der Waals surface area contributed by atoms with Crippen molar-refractivity contribution >= 4 is 54.2 Å². The predicted molar refractivity (Wildman–Crippen MR) is 113 cm³/mol. The first kappa shape index (κ1) is 16.5. The molecule has 1 atom stereocenters. The van der Waals surface area contributed by atoms with E-state index in [-0.39, 0.29) is 12.1 Å². The highest BCUT2D eigenvalue weighted by Crippen LogP contribution is 2.39. The normalized spacial score (nSPS) is 16.3. The van der Waals surface area contributed by atoms with Crippen molar-refractivity contribution in [1.82, 2.24) is 4.98 Å². The SMILES string of the molecule is O=C1c2ccccc2NC(c2ccc(Br)cc2)N1c1nc2ccccc2s1. The van der Waals surface area contributed by atoms with E-state index in [1.165, 1.54) is 11.3 Å². The number of para-hydroxylation sites is 2. The van der Waals surface area contributed by atoms with Crippen molar-refractivity contribution < 1.29 is 4.79 Å². The molecule has 0 spiro atoms. The molecular weight excluding hydrogens is 422 g/mol. The molecule has 1 amide bonds. The minimum absolute atomic E-state index is 0.0451. The standard InChI is InChI=1S/C21H14BrN3OS/c22-14-11-9-13(10-12-14)19-23-16-6-2-1-5-15(16)20(26)25(19)21-24-17-7-3-4-8-18(17)27-21/h1-12,19,23H. The Hall–Kier alpha value is -2.70. The molecule has 1 aromatic heterocycles. The molecule has 4 nitrogen and oxygen atoms in total. The van der Waals surface area contributed by atoms with Gasteiger partial charge in [0.15, 0.2) is 5.13 Å². The van der Waals surface area contributed by atoms with Crippen molar-refractivity contribution in [2.45, 2.75) is 6.17 Å². The van der Waals surface area contributed by atoms with Crippen molar-refractivity contribution in [3.05, 3.63) is 88.4 Å². The first-order chi connectivity index (χ1) is 13.2. The maximum absolute atomic E-state index is 13.4. The van der Waals surface area contributed by atoms with Gasteiger partial charge in [-0.25, -0.2) is 4.98 Å². The first-order valence-corrected chi connectivity index (χ1v) is 10.1. The molecule has 0 aliphatic carbocycles. The molecule has 0 fully saturated rings. The molecule has 132 valence electrons. The van der Waals surface area contributed by atoms with Crippen LogP contribution < -0.4 is 10.2 Å². The maximum atomic E-state index is 13.4. The molecule has 1 N–H and O–H groups in total. The van der Waals surface area contributed by atoms with Gasteiger partial charge in [0.1, 0.15) is 6.17 Å². The van der Waals surface area contributed by atoms with Gasteiger partial charge in [-0.1, -0.05) is 63.7 Å². The summed E-state index contributed by atoms with van der Waals surface area (Å²) in [5.41, 5.74) is 3.40. The van der Waals surface area contributed by atoms with Crippen LogP contribution in [0.4, 0.5) is 10.8 Å². The molecule has 5 rings (SSSR count). The highest BCUT2D eigenvalue weighted by Gasteiger charge is 2.35. The van der Waals surface area contributed by atoms with E-state index in [2.05, 4.69) is 21.2 Å². The number of nitrogens with one attached hydrogen (secondary N) is 1. The lowest BCUT2D eigenvalue weighted by Gasteiger charge is -2.36. The first-order valence-electron chi connectivity index (χ1n) is 8.51. The summed E-state index contributed by atoms with van der Waals surface area (Å²) in [6.07, 6.45) is -0.318. The van der Waals surface area contributed by atoms with Crippen LogP contribution in [0.25, 0.3) is 10.2 Å². The summed E-state index contributed by atoms with van der Waals surface area (Å²) in [6, 6.07) is 23.6. The number of amides is 1. The molecule has 0 radical (unpaired) electrons. The van der Waals surface area contributed by atoms with Crippen LogP contribution in [0.2, 0.25) is 0 Å². The highest BCUT2D eigenvalue weighted by atomic mass is 79.9. The fraction of sp³-hybridized carbons (Fsp3) is 0.0476. The topological polar surface area (TPSA) is 45.2 Å². The van der Waals surface area contributed by atoms with Crippen LogP contribution in [-0.4, -0.2) is 10.9 Å². The highest BCUT2D eigenvalue weighted by molar-refractivity contribution is 9.10. The fourth-order valence-electron chi connectivity index (χ4n) is 3.29. The number of fused-ring (bicyclic) bond motifs is 2. The molecule has 3 aromatic carbocycles. The zero-order chi connectivity index (χ0) is 18.4. The molecule has 0 saturated carbocycles. The van der Waals surface area contributed by atoms with Gasteiger partial charge in [0.25, 0.3) is 5.91 Å². The van der Waals surface area contributed by atoms with E-state index in [9.17, 15) is 4.79 Å². The van der Waals surface area contributed by atoms with Gasteiger partial charge in [0.2, 0.25) is 0 Å². The average Bonchev–Trinajstić information content (AvgIpc) is 3.12. The minimum Gasteiger partial charge on any atom is -0.360 e. The Morgan fingerprint density at radius 1 is 0.963 bits per heavy atom. The third-order valence-electron chi connectivity index (χ3n) is 4.60. The third kappa shape index (κ3) is 2.81. The van der Waals surface area contributed by atoms with E-state index in [0.717, 1.165) is 25.9 Å². The summed E-state index contributed by atoms with van der Waals surface area (Å²) in [4.78, 5) is 19.9. The van der Waals surface area contributed by atoms with E-state index in [4.69, 9.17) is 4.98 Å². The van der Waals surface area contributed by atoms with Crippen molar-refractivity contribution in [2.24, 2.45) is 0 Å². The average molecular weight is 436 g/mol. The lowest BCUT2D eigenvalue weighted by atomic mass is 10.0. The molecule has 27 heavy (non-hydrogen) atoms. The Labute approximate surface area is 168 Å². The number of halogens is 1. The number of aromatic nitrogens is 1. The van der Waals surface area contributed by atoms with Gasteiger partial charge < -0.3 is 5.32 Å². The summed E-state index contributed by atoms with van der Waals surface area (Å²) < 4.78 is 2.06. The minimum atomic E-state index is -0.318. The monoisotopic (exact) mass is 435 g/mol. The number of carbonyl (C=O) groups is 1. The Morgan fingerprint density at radius 3 is 2.52 bits per heavy atom. The zero-order valence-electron chi connectivity index (χ0n) is 14.1. The van der Waals surface area contributed by atoms with Crippen molar-refractivity contribution in [2.75, 3.05) is 10.2 Å². The van der Waals surface area contributed by atoms with E-state index in [1.807, 2.05) is 72.8 Å². The number of anilines is 2. The largest absolute Gasteiger partial charge is 0.360 e. The van der Waals surface area contributed by atoms with E-state index in [0.29, 0.717) is 10.7 Å². The molecule has 0 saturated heterocycles. The second-order valence-corrected chi connectivity index (χ2v) is 8.21. The van der Waals surface area contributed by atoms with Gasteiger partial charge in [0.05, 0.1) is 15.8 Å². The van der Waals surface area contributed by atoms with Crippen LogP contribution in [0, 0.1) is 0 Å². The molecular formula is C21H14BrN3OS. The van der Waals surface area contributed by atoms with Crippen molar-refractivity contribution in [1.29, 1.82) is 0 Å². The van der Waals surface area contributed by atoms with Gasteiger partial charge in [0, 0.05) is 10.2 Å². The number of hydrogen-bond donors (Lipinski definition) is 1. The summed E-state index contributed by atoms with van der Waals surface area (Å²) >= 11 is 5.01. The Kier molecular flexibility index (Phi) is 3.95. The zero-order valence-corrected chi connectivity index (χ0v) is 16.5. The smallest absolute Gasteiger partial charge is 0.264 e. The Bertz CT molecular complexity index is 1120. The van der Waals surface area contributed by atoms with Crippen LogP contribution in [0.3, 0.4) is 0 Å². The van der Waals surface area contributed by atoms with Crippen LogP contribution in [-0.2, 0) is 0 Å².